The number of benzene rings is 1. The summed E-state index contributed by atoms with van der Waals surface area (Å²) in [4.78, 5) is 5.02. The van der Waals surface area contributed by atoms with Gasteiger partial charge in [0, 0.05) is 37.9 Å². The maximum Gasteiger partial charge on any atom is 0.0900 e. The van der Waals surface area contributed by atoms with Gasteiger partial charge < -0.3 is 14.7 Å². The third kappa shape index (κ3) is 4.36. The van der Waals surface area contributed by atoms with Crippen LogP contribution in [0.4, 0.5) is 5.69 Å². The molecule has 4 rings (SSSR count). The van der Waals surface area contributed by atoms with Crippen LogP contribution >= 0.6 is 0 Å². The zero-order chi connectivity index (χ0) is 17.1. The van der Waals surface area contributed by atoms with Crippen molar-refractivity contribution < 1.29 is 9.84 Å². The molecule has 3 atom stereocenters. The molecule has 1 aromatic carbocycles. The predicted octanol–water partition coefficient (Wildman–Crippen LogP) is 2.91. The van der Waals surface area contributed by atoms with Crippen LogP contribution in [0.2, 0.25) is 0 Å². The van der Waals surface area contributed by atoms with Gasteiger partial charge in [-0.1, -0.05) is 37.5 Å². The topological polar surface area (TPSA) is 35.9 Å². The van der Waals surface area contributed by atoms with E-state index in [1.807, 2.05) is 0 Å². The molecule has 4 heteroatoms. The summed E-state index contributed by atoms with van der Waals surface area (Å²) >= 11 is 0. The van der Waals surface area contributed by atoms with Crippen molar-refractivity contribution >= 4 is 5.69 Å². The van der Waals surface area contributed by atoms with Gasteiger partial charge in [-0.25, -0.2) is 0 Å². The fraction of sp³-hybridized carbons (Fsp3) is 0.714. The van der Waals surface area contributed by atoms with Crippen LogP contribution < -0.4 is 4.90 Å². The third-order valence-corrected chi connectivity index (χ3v) is 6.12. The zero-order valence-electron chi connectivity index (χ0n) is 15.2. The second-order valence-corrected chi connectivity index (χ2v) is 8.21. The number of piperidine rings is 1. The molecular weight excluding hydrogens is 312 g/mol. The zero-order valence-corrected chi connectivity index (χ0v) is 15.2. The lowest BCUT2D eigenvalue weighted by atomic mass is 9.98. The van der Waals surface area contributed by atoms with Crippen LogP contribution in [-0.2, 0) is 4.74 Å². The molecule has 4 nitrogen and oxygen atoms in total. The van der Waals surface area contributed by atoms with E-state index in [1.165, 1.54) is 44.2 Å². The van der Waals surface area contributed by atoms with Gasteiger partial charge in [-0.2, -0.15) is 0 Å². The summed E-state index contributed by atoms with van der Waals surface area (Å²) in [7, 11) is 0. The number of hydrogen-bond acceptors (Lipinski definition) is 4. The van der Waals surface area contributed by atoms with Gasteiger partial charge >= 0.3 is 0 Å². The van der Waals surface area contributed by atoms with E-state index >= 15 is 0 Å². The van der Waals surface area contributed by atoms with E-state index in [9.17, 15) is 5.11 Å². The average molecular weight is 344 g/mol. The Hall–Kier alpha value is -1.10. The Balaban J connectivity index is 1.26. The summed E-state index contributed by atoms with van der Waals surface area (Å²) in [5.41, 5.74) is 1.35. The first kappa shape index (κ1) is 17.3. The van der Waals surface area contributed by atoms with Gasteiger partial charge in [0.1, 0.15) is 0 Å². The van der Waals surface area contributed by atoms with Gasteiger partial charge in [0.05, 0.1) is 18.8 Å². The Morgan fingerprint density at radius 3 is 2.64 bits per heavy atom. The lowest BCUT2D eigenvalue weighted by Gasteiger charge is -2.34. The summed E-state index contributed by atoms with van der Waals surface area (Å²) in [6.07, 6.45) is 7.58. The quantitative estimate of drug-likeness (QED) is 0.861. The van der Waals surface area contributed by atoms with Gasteiger partial charge in [-0.15, -0.1) is 0 Å². The number of para-hydroxylation sites is 1. The van der Waals surface area contributed by atoms with Crippen LogP contribution in [0.25, 0.3) is 0 Å². The molecule has 2 heterocycles. The highest BCUT2D eigenvalue weighted by Crippen LogP contribution is 2.33. The minimum Gasteiger partial charge on any atom is -0.389 e. The summed E-state index contributed by atoms with van der Waals surface area (Å²) in [5, 5.41) is 10.4. The highest BCUT2D eigenvalue weighted by molar-refractivity contribution is 5.48. The number of fused-ring (bicyclic) bond motifs is 2. The summed E-state index contributed by atoms with van der Waals surface area (Å²) in [6.45, 7) is 4.58. The number of rotatable bonds is 6. The van der Waals surface area contributed by atoms with Crippen LogP contribution in [0, 0.1) is 5.92 Å². The number of likely N-dealkylation sites (tertiary alicyclic amines) is 1. The van der Waals surface area contributed by atoms with Crippen molar-refractivity contribution in [2.24, 2.45) is 5.92 Å². The number of aliphatic hydroxyl groups excluding tert-OH is 1. The maximum atomic E-state index is 10.4. The molecule has 1 aliphatic carbocycles. The first-order valence-corrected chi connectivity index (χ1v) is 10.1. The monoisotopic (exact) mass is 344 g/mol. The molecule has 0 radical (unpaired) electrons. The Labute approximate surface area is 151 Å². The predicted molar refractivity (Wildman–Crippen MR) is 101 cm³/mol. The number of anilines is 1. The molecule has 2 bridgehead atoms. The number of hydrogen-bond donors (Lipinski definition) is 1. The fourth-order valence-corrected chi connectivity index (χ4v) is 4.97. The lowest BCUT2D eigenvalue weighted by molar-refractivity contribution is -0.0357. The van der Waals surface area contributed by atoms with Crippen LogP contribution in [-0.4, -0.2) is 61.0 Å². The van der Waals surface area contributed by atoms with E-state index in [0.717, 1.165) is 32.1 Å². The molecule has 0 amide bonds. The number of ether oxygens (including phenoxy) is 1. The molecule has 0 spiro atoms. The Morgan fingerprint density at radius 2 is 1.84 bits per heavy atom. The van der Waals surface area contributed by atoms with Crippen LogP contribution in [0.5, 0.6) is 0 Å². The molecule has 2 aliphatic heterocycles. The second-order valence-electron chi connectivity index (χ2n) is 8.21. The fourth-order valence-electron chi connectivity index (χ4n) is 4.97. The van der Waals surface area contributed by atoms with Crippen LogP contribution in [0.15, 0.2) is 30.3 Å². The van der Waals surface area contributed by atoms with Crippen LogP contribution in [0.1, 0.15) is 38.5 Å². The molecule has 1 saturated carbocycles. The maximum absolute atomic E-state index is 10.4. The molecule has 3 aliphatic rings. The van der Waals surface area contributed by atoms with Crippen molar-refractivity contribution in [1.29, 1.82) is 0 Å². The summed E-state index contributed by atoms with van der Waals surface area (Å²) in [5.74, 6) is 0.727. The number of β-amino-alcohol motifs (C(OH)–C–C–N with tert-alkyl or cyclic N) is 1. The number of aliphatic hydroxyl groups is 1. The van der Waals surface area contributed by atoms with E-state index < -0.39 is 0 Å². The third-order valence-electron chi connectivity index (χ3n) is 6.12. The Kier molecular flexibility index (Phi) is 5.59. The highest BCUT2D eigenvalue weighted by Gasteiger charge is 2.38. The van der Waals surface area contributed by atoms with Crippen molar-refractivity contribution in [3.63, 3.8) is 0 Å². The van der Waals surface area contributed by atoms with Gasteiger partial charge in [0.25, 0.3) is 0 Å². The van der Waals surface area contributed by atoms with Crippen molar-refractivity contribution in [1.82, 2.24) is 4.90 Å². The minimum absolute atomic E-state index is 0.357. The van der Waals surface area contributed by atoms with Gasteiger partial charge in [0.15, 0.2) is 0 Å². The van der Waals surface area contributed by atoms with Crippen molar-refractivity contribution in [3.8, 4) is 0 Å². The normalized spacial score (nSPS) is 29.1. The molecule has 2 saturated heterocycles. The van der Waals surface area contributed by atoms with E-state index in [2.05, 4.69) is 40.1 Å². The Bertz CT molecular complexity index is 532. The van der Waals surface area contributed by atoms with E-state index in [-0.39, 0.29) is 6.10 Å². The molecular formula is C21H32N2O2. The van der Waals surface area contributed by atoms with Crippen molar-refractivity contribution in [2.75, 3.05) is 37.7 Å². The first-order valence-electron chi connectivity index (χ1n) is 10.1. The second kappa shape index (κ2) is 8.07. The largest absolute Gasteiger partial charge is 0.389 e. The van der Waals surface area contributed by atoms with Crippen molar-refractivity contribution in [3.05, 3.63) is 30.3 Å². The summed E-state index contributed by atoms with van der Waals surface area (Å²) < 4.78 is 5.96. The molecule has 0 unspecified atom stereocenters. The highest BCUT2D eigenvalue weighted by atomic mass is 16.5. The van der Waals surface area contributed by atoms with E-state index in [4.69, 9.17) is 4.74 Å². The minimum atomic E-state index is -0.357. The smallest absolute Gasteiger partial charge is 0.0900 e. The molecule has 1 aromatic rings. The standard InChI is InChI=1S/C21H32N2O2/c24-20(16-25-21-9-5-2-6-10-21)15-22-12-17-11-19(14-22)23(13-17)18-7-3-1-4-8-18/h1,3-4,7-8,17,19-21,24H,2,5-6,9-16H2/t17-,19+,20-/m0/s1. The number of nitrogens with zero attached hydrogens (tertiary/aromatic N) is 2. The van der Waals surface area contributed by atoms with E-state index in [0.29, 0.717) is 18.8 Å². The summed E-state index contributed by atoms with van der Waals surface area (Å²) in [6, 6.07) is 11.4. The molecule has 1 N–H and O–H groups in total. The van der Waals surface area contributed by atoms with Gasteiger partial charge in [0.2, 0.25) is 0 Å². The SMILES string of the molecule is O[C@H](COC1CCCCC1)CN1C[C@@H]2C[C@H](C1)N(c1ccccc1)C2. The Morgan fingerprint density at radius 1 is 1.04 bits per heavy atom. The molecule has 0 aromatic heterocycles. The average Bonchev–Trinajstić information content (AvgIpc) is 2.96. The first-order chi connectivity index (χ1) is 12.3. The van der Waals surface area contributed by atoms with Crippen molar-refractivity contribution in [2.45, 2.75) is 56.8 Å². The lowest BCUT2D eigenvalue weighted by Crippen LogP contribution is -2.46. The van der Waals surface area contributed by atoms with Crippen LogP contribution in [0.3, 0.4) is 0 Å². The molecule has 25 heavy (non-hydrogen) atoms. The van der Waals surface area contributed by atoms with E-state index in [1.54, 1.807) is 0 Å². The van der Waals surface area contributed by atoms with Gasteiger partial charge in [-0.3, -0.25) is 4.90 Å². The molecule has 138 valence electrons. The molecule has 3 fully saturated rings. The van der Waals surface area contributed by atoms with Gasteiger partial charge in [-0.05, 0) is 37.3 Å².